The largest absolute Gasteiger partial charge is 0.349 e. The summed E-state index contributed by atoms with van der Waals surface area (Å²) in [6.07, 6.45) is 2.48. The standard InChI is InChI=1S/C18H25N3OS2/c1-12-6-8-21(9-7-12)15(16-5-4-10-23-16)11-19-18(22)17-13(2)20-14(3)24-17/h4-5,10,12,15H,6-9,11H2,1-3H3,(H,19,22)/t15-/m1/s1. The molecule has 1 aliphatic rings. The molecule has 1 N–H and O–H groups in total. The van der Waals surface area contributed by atoms with Crippen LogP contribution < -0.4 is 5.32 Å². The predicted octanol–water partition coefficient (Wildman–Crippen LogP) is 4.02. The number of aromatic nitrogens is 1. The highest BCUT2D eigenvalue weighted by atomic mass is 32.1. The second-order valence-electron chi connectivity index (χ2n) is 6.61. The van der Waals surface area contributed by atoms with Gasteiger partial charge in [-0.25, -0.2) is 4.98 Å². The lowest BCUT2D eigenvalue weighted by Crippen LogP contribution is -2.41. The van der Waals surface area contributed by atoms with Gasteiger partial charge in [0.1, 0.15) is 4.88 Å². The molecule has 130 valence electrons. The summed E-state index contributed by atoms with van der Waals surface area (Å²) in [5.74, 6) is 0.813. The van der Waals surface area contributed by atoms with Crippen LogP contribution in [0.4, 0.5) is 0 Å². The third-order valence-corrected chi connectivity index (χ3v) is 6.74. The second kappa shape index (κ2) is 7.76. The van der Waals surface area contributed by atoms with E-state index in [9.17, 15) is 4.79 Å². The molecule has 1 aliphatic heterocycles. The van der Waals surface area contributed by atoms with Crippen molar-refractivity contribution in [2.45, 2.75) is 39.7 Å². The van der Waals surface area contributed by atoms with Crippen molar-refractivity contribution in [1.29, 1.82) is 0 Å². The summed E-state index contributed by atoms with van der Waals surface area (Å²) in [6, 6.07) is 4.55. The van der Waals surface area contributed by atoms with E-state index in [1.54, 1.807) is 11.3 Å². The van der Waals surface area contributed by atoms with Crippen LogP contribution >= 0.6 is 22.7 Å². The fourth-order valence-corrected chi connectivity index (χ4v) is 4.94. The number of amides is 1. The van der Waals surface area contributed by atoms with Crippen molar-refractivity contribution >= 4 is 28.6 Å². The summed E-state index contributed by atoms with van der Waals surface area (Å²) in [5, 5.41) is 6.21. The molecule has 24 heavy (non-hydrogen) atoms. The highest BCUT2D eigenvalue weighted by Gasteiger charge is 2.26. The Labute approximate surface area is 151 Å². The van der Waals surface area contributed by atoms with Gasteiger partial charge in [-0.2, -0.15) is 0 Å². The minimum absolute atomic E-state index is 0.00466. The van der Waals surface area contributed by atoms with Gasteiger partial charge in [-0.15, -0.1) is 22.7 Å². The van der Waals surface area contributed by atoms with Crippen molar-refractivity contribution in [3.63, 3.8) is 0 Å². The van der Waals surface area contributed by atoms with E-state index in [0.717, 1.165) is 34.6 Å². The van der Waals surface area contributed by atoms with E-state index >= 15 is 0 Å². The average Bonchev–Trinajstić information content (AvgIpc) is 3.19. The van der Waals surface area contributed by atoms with Gasteiger partial charge in [0.25, 0.3) is 5.91 Å². The first-order valence-corrected chi connectivity index (χ1v) is 10.2. The van der Waals surface area contributed by atoms with Gasteiger partial charge < -0.3 is 5.32 Å². The molecule has 1 amide bonds. The maximum atomic E-state index is 12.5. The smallest absolute Gasteiger partial charge is 0.263 e. The van der Waals surface area contributed by atoms with Gasteiger partial charge in [-0.1, -0.05) is 13.0 Å². The van der Waals surface area contributed by atoms with E-state index in [1.165, 1.54) is 29.1 Å². The zero-order valence-electron chi connectivity index (χ0n) is 14.5. The molecule has 0 aromatic carbocycles. The van der Waals surface area contributed by atoms with Gasteiger partial charge >= 0.3 is 0 Å². The zero-order chi connectivity index (χ0) is 17.1. The van der Waals surface area contributed by atoms with Gasteiger partial charge in [0, 0.05) is 11.4 Å². The predicted molar refractivity (Wildman–Crippen MR) is 101 cm³/mol. The first-order valence-electron chi connectivity index (χ1n) is 8.54. The lowest BCUT2D eigenvalue weighted by atomic mass is 9.97. The van der Waals surface area contributed by atoms with Crippen LogP contribution in [0.3, 0.4) is 0 Å². The van der Waals surface area contributed by atoms with Crippen molar-refractivity contribution in [1.82, 2.24) is 15.2 Å². The normalized spacial score (nSPS) is 17.8. The van der Waals surface area contributed by atoms with E-state index in [0.29, 0.717) is 6.54 Å². The van der Waals surface area contributed by atoms with E-state index in [2.05, 4.69) is 39.6 Å². The second-order valence-corrected chi connectivity index (χ2v) is 8.79. The highest BCUT2D eigenvalue weighted by molar-refractivity contribution is 7.13. The Bertz CT molecular complexity index is 673. The number of hydrogen-bond donors (Lipinski definition) is 1. The van der Waals surface area contributed by atoms with Crippen LogP contribution in [-0.2, 0) is 0 Å². The molecule has 1 atom stereocenters. The van der Waals surface area contributed by atoms with Crippen LogP contribution in [0.2, 0.25) is 0 Å². The van der Waals surface area contributed by atoms with E-state index in [1.807, 2.05) is 13.8 Å². The molecule has 4 nitrogen and oxygen atoms in total. The Morgan fingerprint density at radius 1 is 1.42 bits per heavy atom. The van der Waals surface area contributed by atoms with Crippen molar-refractivity contribution in [2.75, 3.05) is 19.6 Å². The molecule has 1 fully saturated rings. The highest BCUT2D eigenvalue weighted by Crippen LogP contribution is 2.29. The van der Waals surface area contributed by atoms with E-state index in [4.69, 9.17) is 0 Å². The number of likely N-dealkylation sites (tertiary alicyclic amines) is 1. The molecular weight excluding hydrogens is 338 g/mol. The van der Waals surface area contributed by atoms with Gasteiger partial charge in [-0.05, 0) is 57.1 Å². The number of thiophene rings is 1. The van der Waals surface area contributed by atoms with E-state index < -0.39 is 0 Å². The number of rotatable bonds is 5. The summed E-state index contributed by atoms with van der Waals surface area (Å²) >= 11 is 3.25. The Balaban J connectivity index is 1.68. The SMILES string of the molecule is Cc1nc(C)c(C(=O)NC[C@H](c2cccs2)N2CCC(C)CC2)s1. The fraction of sp³-hybridized carbons (Fsp3) is 0.556. The van der Waals surface area contributed by atoms with Crippen molar-refractivity contribution in [2.24, 2.45) is 5.92 Å². The van der Waals surface area contributed by atoms with Crippen LogP contribution in [0.1, 0.15) is 51.1 Å². The minimum atomic E-state index is 0.00466. The molecule has 3 heterocycles. The molecule has 0 unspecified atom stereocenters. The number of hydrogen-bond acceptors (Lipinski definition) is 5. The topological polar surface area (TPSA) is 45.2 Å². The van der Waals surface area contributed by atoms with Crippen molar-refractivity contribution in [3.05, 3.63) is 38.0 Å². The number of carbonyl (C=O) groups excluding carboxylic acids is 1. The number of piperidine rings is 1. The summed E-state index contributed by atoms with van der Waals surface area (Å²) in [6.45, 7) is 9.05. The van der Waals surface area contributed by atoms with Crippen molar-refractivity contribution in [3.8, 4) is 0 Å². The summed E-state index contributed by atoms with van der Waals surface area (Å²) in [5.41, 5.74) is 0.828. The first kappa shape index (κ1) is 17.6. The van der Waals surface area contributed by atoms with Crippen LogP contribution in [0.5, 0.6) is 0 Å². The summed E-state index contributed by atoms with van der Waals surface area (Å²) in [4.78, 5) is 21.5. The monoisotopic (exact) mass is 363 g/mol. The van der Waals surface area contributed by atoms with Crippen LogP contribution in [0.15, 0.2) is 17.5 Å². The third-order valence-electron chi connectivity index (χ3n) is 4.70. The maximum absolute atomic E-state index is 12.5. The van der Waals surface area contributed by atoms with Gasteiger partial charge in [0.15, 0.2) is 0 Å². The Morgan fingerprint density at radius 3 is 2.75 bits per heavy atom. The quantitative estimate of drug-likeness (QED) is 0.872. The number of nitrogens with one attached hydrogen (secondary N) is 1. The average molecular weight is 364 g/mol. The molecule has 0 aliphatic carbocycles. The molecule has 0 saturated carbocycles. The maximum Gasteiger partial charge on any atom is 0.263 e. The molecule has 0 radical (unpaired) electrons. The number of carbonyl (C=O) groups is 1. The Morgan fingerprint density at radius 2 is 2.17 bits per heavy atom. The molecule has 0 bridgehead atoms. The minimum Gasteiger partial charge on any atom is -0.349 e. The number of aryl methyl sites for hydroxylation is 2. The lowest BCUT2D eigenvalue weighted by Gasteiger charge is -2.36. The van der Waals surface area contributed by atoms with Crippen LogP contribution in [-0.4, -0.2) is 35.4 Å². The summed E-state index contributed by atoms with van der Waals surface area (Å²) in [7, 11) is 0. The molecule has 1 saturated heterocycles. The molecule has 6 heteroatoms. The first-order chi connectivity index (χ1) is 11.5. The van der Waals surface area contributed by atoms with Crippen molar-refractivity contribution < 1.29 is 4.79 Å². The van der Waals surface area contributed by atoms with Crippen LogP contribution in [0, 0.1) is 19.8 Å². The molecule has 0 spiro atoms. The fourth-order valence-electron chi connectivity index (χ4n) is 3.24. The summed E-state index contributed by atoms with van der Waals surface area (Å²) < 4.78 is 0. The van der Waals surface area contributed by atoms with Gasteiger partial charge in [0.2, 0.25) is 0 Å². The van der Waals surface area contributed by atoms with Gasteiger partial charge in [-0.3, -0.25) is 9.69 Å². The van der Waals surface area contributed by atoms with Gasteiger partial charge in [0.05, 0.1) is 16.7 Å². The zero-order valence-corrected chi connectivity index (χ0v) is 16.2. The number of nitrogens with zero attached hydrogens (tertiary/aromatic N) is 2. The Kier molecular flexibility index (Phi) is 5.69. The molecule has 2 aromatic rings. The lowest BCUT2D eigenvalue weighted by molar-refractivity contribution is 0.0918. The molecular formula is C18H25N3OS2. The Hall–Kier alpha value is -1.24. The van der Waals surface area contributed by atoms with Crippen LogP contribution in [0.25, 0.3) is 0 Å². The van der Waals surface area contributed by atoms with E-state index in [-0.39, 0.29) is 11.9 Å². The molecule has 2 aromatic heterocycles. The molecule has 3 rings (SSSR count). The third kappa shape index (κ3) is 4.05. The number of thiazole rings is 1.